The van der Waals surface area contributed by atoms with Gasteiger partial charge in [-0.1, -0.05) is 42.5 Å². The Labute approximate surface area is 119 Å². The molecule has 104 valence electrons. The van der Waals surface area contributed by atoms with Crippen LogP contribution in [-0.2, 0) is 11.2 Å². The number of benzene rings is 2. The summed E-state index contributed by atoms with van der Waals surface area (Å²) in [6, 6.07) is 14.5. The summed E-state index contributed by atoms with van der Waals surface area (Å²) in [7, 11) is 1.86. The lowest BCUT2D eigenvalue weighted by Gasteiger charge is -2.27. The number of carbonyl (C=O) groups excluding carboxylic acids is 1. The molecule has 3 rings (SSSR count). The SMILES string of the molecule is CN1C(=O)[C@H](Cc2cccc3ccccc23)NC1(C)C. The normalized spacial score (nSPS) is 21.6. The Morgan fingerprint density at radius 3 is 2.55 bits per heavy atom. The number of hydrogen-bond acceptors (Lipinski definition) is 2. The lowest BCUT2D eigenvalue weighted by molar-refractivity contribution is -0.129. The zero-order chi connectivity index (χ0) is 14.3. The van der Waals surface area contributed by atoms with Crippen molar-refractivity contribution in [1.29, 1.82) is 0 Å². The summed E-state index contributed by atoms with van der Waals surface area (Å²) < 4.78 is 0. The summed E-state index contributed by atoms with van der Waals surface area (Å²) >= 11 is 0. The quantitative estimate of drug-likeness (QED) is 0.908. The van der Waals surface area contributed by atoms with Crippen LogP contribution in [0.4, 0.5) is 0 Å². The monoisotopic (exact) mass is 268 g/mol. The van der Waals surface area contributed by atoms with Crippen LogP contribution < -0.4 is 5.32 Å². The van der Waals surface area contributed by atoms with Crippen molar-refractivity contribution in [3.05, 3.63) is 48.0 Å². The number of likely N-dealkylation sites (N-methyl/N-ethyl adjacent to an activating group) is 1. The van der Waals surface area contributed by atoms with Gasteiger partial charge in [0, 0.05) is 7.05 Å². The Kier molecular flexibility index (Phi) is 3.02. The first-order valence-electron chi connectivity index (χ1n) is 7.01. The maximum atomic E-state index is 12.3. The van der Waals surface area contributed by atoms with E-state index in [-0.39, 0.29) is 17.6 Å². The Hall–Kier alpha value is -1.87. The van der Waals surface area contributed by atoms with E-state index >= 15 is 0 Å². The van der Waals surface area contributed by atoms with Gasteiger partial charge in [-0.2, -0.15) is 0 Å². The van der Waals surface area contributed by atoms with E-state index in [1.165, 1.54) is 16.3 Å². The first kappa shape index (κ1) is 13.1. The fourth-order valence-corrected chi connectivity index (χ4v) is 2.92. The molecule has 1 heterocycles. The van der Waals surface area contributed by atoms with Crippen LogP contribution in [0.2, 0.25) is 0 Å². The van der Waals surface area contributed by atoms with E-state index in [2.05, 4.69) is 35.6 Å². The van der Waals surface area contributed by atoms with Gasteiger partial charge in [0.1, 0.15) is 0 Å². The molecule has 0 radical (unpaired) electrons. The van der Waals surface area contributed by atoms with Crippen LogP contribution in [0.15, 0.2) is 42.5 Å². The molecule has 2 aromatic carbocycles. The van der Waals surface area contributed by atoms with Gasteiger partial charge in [-0.15, -0.1) is 0 Å². The number of fused-ring (bicyclic) bond motifs is 1. The van der Waals surface area contributed by atoms with Crippen LogP contribution in [0.25, 0.3) is 10.8 Å². The summed E-state index contributed by atoms with van der Waals surface area (Å²) in [6.45, 7) is 4.07. The molecule has 1 N–H and O–H groups in total. The maximum absolute atomic E-state index is 12.3. The number of carbonyl (C=O) groups is 1. The lowest BCUT2D eigenvalue weighted by atomic mass is 9.99. The second-order valence-corrected chi connectivity index (χ2v) is 6.00. The van der Waals surface area contributed by atoms with Crippen molar-refractivity contribution >= 4 is 16.7 Å². The van der Waals surface area contributed by atoms with E-state index in [9.17, 15) is 4.79 Å². The van der Waals surface area contributed by atoms with Gasteiger partial charge >= 0.3 is 0 Å². The van der Waals surface area contributed by atoms with Crippen LogP contribution in [-0.4, -0.2) is 29.6 Å². The number of hydrogen-bond donors (Lipinski definition) is 1. The molecule has 3 heteroatoms. The largest absolute Gasteiger partial charge is 0.327 e. The maximum Gasteiger partial charge on any atom is 0.241 e. The predicted octanol–water partition coefficient (Wildman–Crippen LogP) is 2.55. The Bertz CT molecular complexity index is 658. The highest BCUT2D eigenvalue weighted by molar-refractivity contribution is 5.88. The molecule has 0 unspecified atom stereocenters. The standard InChI is InChI=1S/C17H20N2O/c1-17(2)18-15(16(20)19(17)3)11-13-9-6-8-12-7-4-5-10-14(12)13/h4-10,15,18H,11H2,1-3H3/t15-/m0/s1. The molecule has 1 amide bonds. The minimum Gasteiger partial charge on any atom is -0.327 e. The number of rotatable bonds is 2. The van der Waals surface area contributed by atoms with Crippen LogP contribution in [0.3, 0.4) is 0 Å². The van der Waals surface area contributed by atoms with Crippen molar-refractivity contribution in [2.75, 3.05) is 7.05 Å². The van der Waals surface area contributed by atoms with Crippen molar-refractivity contribution < 1.29 is 4.79 Å². The highest BCUT2D eigenvalue weighted by Gasteiger charge is 2.41. The van der Waals surface area contributed by atoms with Gasteiger partial charge in [0.2, 0.25) is 5.91 Å². The zero-order valence-electron chi connectivity index (χ0n) is 12.2. The minimum atomic E-state index is -0.271. The van der Waals surface area contributed by atoms with E-state index < -0.39 is 0 Å². The summed E-state index contributed by atoms with van der Waals surface area (Å²) in [6.07, 6.45) is 0.730. The van der Waals surface area contributed by atoms with Gasteiger partial charge in [-0.05, 0) is 36.6 Å². The number of nitrogens with one attached hydrogen (secondary N) is 1. The van der Waals surface area contributed by atoms with Gasteiger partial charge in [-0.25, -0.2) is 0 Å². The van der Waals surface area contributed by atoms with E-state index in [0.29, 0.717) is 0 Å². The van der Waals surface area contributed by atoms with Crippen LogP contribution >= 0.6 is 0 Å². The Morgan fingerprint density at radius 2 is 1.85 bits per heavy atom. The third-order valence-corrected chi connectivity index (χ3v) is 4.30. The molecule has 1 aliphatic rings. The number of amides is 1. The second-order valence-electron chi connectivity index (χ2n) is 6.00. The summed E-state index contributed by atoms with van der Waals surface area (Å²) in [5.74, 6) is 0.169. The molecule has 2 aromatic rings. The van der Waals surface area contributed by atoms with Crippen LogP contribution in [0.5, 0.6) is 0 Å². The molecule has 1 atom stereocenters. The molecule has 0 aromatic heterocycles. The van der Waals surface area contributed by atoms with Crippen molar-refractivity contribution in [3.8, 4) is 0 Å². The van der Waals surface area contributed by atoms with E-state index in [4.69, 9.17) is 0 Å². The molecule has 0 spiro atoms. The lowest BCUT2D eigenvalue weighted by Crippen LogP contribution is -2.45. The fraction of sp³-hybridized carbons (Fsp3) is 0.353. The van der Waals surface area contributed by atoms with E-state index in [0.717, 1.165) is 6.42 Å². The van der Waals surface area contributed by atoms with Gasteiger partial charge in [-0.3, -0.25) is 10.1 Å². The summed E-state index contributed by atoms with van der Waals surface area (Å²) in [5, 5.41) is 5.88. The third-order valence-electron chi connectivity index (χ3n) is 4.30. The molecule has 1 aliphatic heterocycles. The van der Waals surface area contributed by atoms with Crippen molar-refractivity contribution in [2.24, 2.45) is 0 Å². The highest BCUT2D eigenvalue weighted by atomic mass is 16.2. The molecular weight excluding hydrogens is 248 g/mol. The minimum absolute atomic E-state index is 0.138. The molecule has 3 nitrogen and oxygen atoms in total. The zero-order valence-corrected chi connectivity index (χ0v) is 12.2. The Morgan fingerprint density at radius 1 is 1.15 bits per heavy atom. The predicted molar refractivity (Wildman–Crippen MR) is 81.4 cm³/mol. The molecule has 0 bridgehead atoms. The Balaban J connectivity index is 1.93. The fourth-order valence-electron chi connectivity index (χ4n) is 2.92. The van der Waals surface area contributed by atoms with Gasteiger partial charge in [0.05, 0.1) is 11.7 Å². The third kappa shape index (κ3) is 2.08. The molecule has 1 fully saturated rings. The van der Waals surface area contributed by atoms with Gasteiger partial charge < -0.3 is 4.90 Å². The average molecular weight is 268 g/mol. The average Bonchev–Trinajstić information content (AvgIpc) is 2.63. The highest BCUT2D eigenvalue weighted by Crippen LogP contribution is 2.24. The van der Waals surface area contributed by atoms with E-state index in [1.54, 1.807) is 4.90 Å². The van der Waals surface area contributed by atoms with Crippen molar-refractivity contribution in [1.82, 2.24) is 10.2 Å². The molecule has 20 heavy (non-hydrogen) atoms. The van der Waals surface area contributed by atoms with Crippen molar-refractivity contribution in [3.63, 3.8) is 0 Å². The van der Waals surface area contributed by atoms with Crippen LogP contribution in [0.1, 0.15) is 19.4 Å². The van der Waals surface area contributed by atoms with Crippen LogP contribution in [0, 0.1) is 0 Å². The van der Waals surface area contributed by atoms with Gasteiger partial charge in [0.15, 0.2) is 0 Å². The molecular formula is C17H20N2O. The summed E-state index contributed by atoms with van der Waals surface area (Å²) in [5.41, 5.74) is 0.951. The molecule has 0 saturated carbocycles. The molecule has 0 aliphatic carbocycles. The first-order valence-corrected chi connectivity index (χ1v) is 7.01. The summed E-state index contributed by atoms with van der Waals surface area (Å²) in [4.78, 5) is 14.1. The van der Waals surface area contributed by atoms with Crippen molar-refractivity contribution in [2.45, 2.75) is 32.0 Å². The number of nitrogens with zero attached hydrogens (tertiary/aromatic N) is 1. The van der Waals surface area contributed by atoms with Gasteiger partial charge in [0.25, 0.3) is 0 Å². The van der Waals surface area contributed by atoms with E-state index in [1.807, 2.05) is 33.0 Å². The molecule has 1 saturated heterocycles. The smallest absolute Gasteiger partial charge is 0.241 e. The topological polar surface area (TPSA) is 32.3 Å². The first-order chi connectivity index (χ1) is 9.49. The second kappa shape index (κ2) is 4.60.